The van der Waals surface area contributed by atoms with E-state index in [1.54, 1.807) is 7.05 Å². The van der Waals surface area contributed by atoms with Gasteiger partial charge in [-0.15, -0.1) is 0 Å². The molecule has 1 unspecified atom stereocenters. The zero-order valence-electron chi connectivity index (χ0n) is 11.6. The van der Waals surface area contributed by atoms with Crippen molar-refractivity contribution in [3.63, 3.8) is 0 Å². The molecule has 112 valence electrons. The Bertz CT molecular complexity index is 445. The minimum atomic E-state index is -4.07. The van der Waals surface area contributed by atoms with Crippen LogP contribution in [0.2, 0.25) is 0 Å². The molecule has 1 atom stereocenters. The predicted molar refractivity (Wildman–Crippen MR) is 72.1 cm³/mol. The summed E-state index contributed by atoms with van der Waals surface area (Å²) in [7, 11) is 1.72. The maximum atomic E-state index is 12.2. The highest BCUT2D eigenvalue weighted by atomic mass is 19.4. The lowest BCUT2D eigenvalue weighted by atomic mass is 9.99. The second kappa shape index (κ2) is 6.48. The van der Waals surface area contributed by atoms with Crippen LogP contribution in [0.25, 0.3) is 0 Å². The number of nitrogens with one attached hydrogen (secondary N) is 1. The van der Waals surface area contributed by atoms with Gasteiger partial charge in [-0.05, 0) is 43.5 Å². The first-order valence-corrected chi connectivity index (χ1v) is 6.96. The van der Waals surface area contributed by atoms with E-state index < -0.39 is 12.6 Å². The van der Waals surface area contributed by atoms with Crippen LogP contribution in [-0.4, -0.2) is 25.9 Å². The molecular weight excluding hydrogens is 267 g/mol. The molecule has 0 aliphatic carbocycles. The molecule has 5 heteroatoms. The topological polar surface area (TPSA) is 21.3 Å². The Balaban J connectivity index is 1.83. The molecule has 0 amide bonds. The third-order valence-electron chi connectivity index (χ3n) is 3.72. The van der Waals surface area contributed by atoms with Crippen LogP contribution in [-0.2, 0) is 12.8 Å². The van der Waals surface area contributed by atoms with Crippen LogP contribution in [0.3, 0.4) is 0 Å². The van der Waals surface area contributed by atoms with Crippen LogP contribution in [0.15, 0.2) is 18.2 Å². The van der Waals surface area contributed by atoms with Gasteiger partial charge in [-0.25, -0.2) is 0 Å². The van der Waals surface area contributed by atoms with Gasteiger partial charge in [0.15, 0.2) is 0 Å². The predicted octanol–water partition coefficient (Wildman–Crippen LogP) is 3.48. The van der Waals surface area contributed by atoms with Crippen LogP contribution >= 0.6 is 0 Å². The Labute approximate surface area is 117 Å². The Kier molecular flexibility index (Phi) is 4.91. The van der Waals surface area contributed by atoms with E-state index in [2.05, 4.69) is 11.4 Å². The molecule has 2 nitrogen and oxygen atoms in total. The van der Waals surface area contributed by atoms with Gasteiger partial charge in [0.25, 0.3) is 0 Å². The van der Waals surface area contributed by atoms with Crippen molar-refractivity contribution >= 4 is 0 Å². The third-order valence-corrected chi connectivity index (χ3v) is 3.72. The second-order valence-electron chi connectivity index (χ2n) is 5.22. The molecule has 0 fully saturated rings. The normalized spacial score (nSPS) is 15.8. The van der Waals surface area contributed by atoms with E-state index in [0.29, 0.717) is 6.42 Å². The van der Waals surface area contributed by atoms with Gasteiger partial charge in [-0.2, -0.15) is 13.2 Å². The van der Waals surface area contributed by atoms with Crippen molar-refractivity contribution in [2.24, 2.45) is 0 Å². The Morgan fingerprint density at radius 3 is 2.80 bits per heavy atom. The van der Waals surface area contributed by atoms with Crippen LogP contribution in [0, 0.1) is 0 Å². The van der Waals surface area contributed by atoms with Gasteiger partial charge in [-0.3, -0.25) is 0 Å². The SMILES string of the molecule is CNC(CCc1ccc2c(c1)CCO2)CCC(F)(F)F. The highest BCUT2D eigenvalue weighted by molar-refractivity contribution is 5.39. The number of hydrogen-bond acceptors (Lipinski definition) is 2. The molecular formula is C15H20F3NO. The molecule has 1 aromatic carbocycles. The molecule has 1 heterocycles. The largest absolute Gasteiger partial charge is 0.493 e. The zero-order valence-corrected chi connectivity index (χ0v) is 11.6. The molecule has 0 spiro atoms. The molecule has 0 radical (unpaired) electrons. The van der Waals surface area contributed by atoms with Gasteiger partial charge < -0.3 is 10.1 Å². The smallest absolute Gasteiger partial charge is 0.389 e. The number of rotatable bonds is 6. The highest BCUT2D eigenvalue weighted by Gasteiger charge is 2.27. The minimum Gasteiger partial charge on any atom is -0.493 e. The summed E-state index contributed by atoms with van der Waals surface area (Å²) in [5.74, 6) is 0.941. The summed E-state index contributed by atoms with van der Waals surface area (Å²) in [6, 6.07) is 5.97. The maximum absolute atomic E-state index is 12.2. The average Bonchev–Trinajstić information content (AvgIpc) is 2.85. The van der Waals surface area contributed by atoms with Gasteiger partial charge in [0.2, 0.25) is 0 Å². The molecule has 0 aromatic heterocycles. The van der Waals surface area contributed by atoms with Crippen LogP contribution in [0.1, 0.15) is 30.4 Å². The average molecular weight is 287 g/mol. The minimum absolute atomic E-state index is 0.0962. The lowest BCUT2D eigenvalue weighted by Gasteiger charge is -2.17. The molecule has 2 rings (SSSR count). The van der Waals surface area contributed by atoms with E-state index in [0.717, 1.165) is 25.2 Å². The molecule has 1 aromatic rings. The van der Waals surface area contributed by atoms with Crippen molar-refractivity contribution in [1.82, 2.24) is 5.32 Å². The molecule has 0 saturated carbocycles. The monoisotopic (exact) mass is 287 g/mol. The summed E-state index contributed by atoms with van der Waals surface area (Å²) in [5.41, 5.74) is 2.38. The van der Waals surface area contributed by atoms with E-state index in [4.69, 9.17) is 4.74 Å². The summed E-state index contributed by atoms with van der Waals surface area (Å²) in [5, 5.41) is 2.97. The molecule has 1 aliphatic heterocycles. The number of benzene rings is 1. The van der Waals surface area contributed by atoms with Crippen LogP contribution in [0.5, 0.6) is 5.75 Å². The number of aryl methyl sites for hydroxylation is 1. The van der Waals surface area contributed by atoms with E-state index in [1.165, 1.54) is 11.1 Å². The molecule has 1 N–H and O–H groups in total. The van der Waals surface area contributed by atoms with Gasteiger partial charge in [0.1, 0.15) is 5.75 Å². The van der Waals surface area contributed by atoms with E-state index in [9.17, 15) is 13.2 Å². The van der Waals surface area contributed by atoms with Gasteiger partial charge >= 0.3 is 6.18 Å². The fourth-order valence-electron chi connectivity index (χ4n) is 2.51. The van der Waals surface area contributed by atoms with E-state index in [-0.39, 0.29) is 12.5 Å². The van der Waals surface area contributed by atoms with Crippen molar-refractivity contribution < 1.29 is 17.9 Å². The quantitative estimate of drug-likeness (QED) is 0.865. The van der Waals surface area contributed by atoms with Gasteiger partial charge in [0, 0.05) is 18.9 Å². The lowest BCUT2D eigenvalue weighted by molar-refractivity contribution is -0.136. The first-order chi connectivity index (χ1) is 9.48. The number of fused-ring (bicyclic) bond motifs is 1. The summed E-state index contributed by atoms with van der Waals surface area (Å²) >= 11 is 0. The first-order valence-electron chi connectivity index (χ1n) is 6.96. The Morgan fingerprint density at radius 1 is 1.30 bits per heavy atom. The van der Waals surface area contributed by atoms with E-state index in [1.807, 2.05) is 12.1 Å². The van der Waals surface area contributed by atoms with Gasteiger partial charge in [-0.1, -0.05) is 12.1 Å². The summed E-state index contributed by atoms with van der Waals surface area (Å²) in [6.07, 6.45) is -2.24. The van der Waals surface area contributed by atoms with Crippen molar-refractivity contribution in [1.29, 1.82) is 0 Å². The fourth-order valence-corrected chi connectivity index (χ4v) is 2.51. The Hall–Kier alpha value is -1.23. The van der Waals surface area contributed by atoms with Crippen molar-refractivity contribution in [2.75, 3.05) is 13.7 Å². The summed E-state index contributed by atoms with van der Waals surface area (Å²) in [4.78, 5) is 0. The fraction of sp³-hybridized carbons (Fsp3) is 0.600. The second-order valence-corrected chi connectivity index (χ2v) is 5.22. The highest BCUT2D eigenvalue weighted by Crippen LogP contribution is 2.27. The number of ether oxygens (including phenoxy) is 1. The lowest BCUT2D eigenvalue weighted by Crippen LogP contribution is -2.27. The Morgan fingerprint density at radius 2 is 2.10 bits per heavy atom. The summed E-state index contributed by atoms with van der Waals surface area (Å²) < 4.78 is 42.1. The number of hydrogen-bond donors (Lipinski definition) is 1. The number of halogens is 3. The van der Waals surface area contributed by atoms with Crippen LogP contribution in [0.4, 0.5) is 13.2 Å². The molecule has 0 saturated heterocycles. The number of alkyl halides is 3. The molecule has 20 heavy (non-hydrogen) atoms. The summed E-state index contributed by atoms with van der Waals surface area (Å²) in [6.45, 7) is 0.726. The molecule has 0 bridgehead atoms. The first kappa shape index (κ1) is 15.2. The third kappa shape index (κ3) is 4.40. The van der Waals surface area contributed by atoms with Crippen molar-refractivity contribution in [2.45, 2.75) is 44.3 Å². The molecule has 1 aliphatic rings. The van der Waals surface area contributed by atoms with Crippen molar-refractivity contribution in [3.8, 4) is 5.75 Å². The van der Waals surface area contributed by atoms with Crippen molar-refractivity contribution in [3.05, 3.63) is 29.3 Å². The maximum Gasteiger partial charge on any atom is 0.389 e. The van der Waals surface area contributed by atoms with Gasteiger partial charge in [0.05, 0.1) is 6.61 Å². The van der Waals surface area contributed by atoms with E-state index >= 15 is 0 Å². The standard InChI is InChI=1S/C15H20F3NO/c1-19-13(6-8-15(16,17)18)4-2-11-3-5-14-12(10-11)7-9-20-14/h3,5,10,13,19H,2,4,6-9H2,1H3. The zero-order chi connectivity index (χ0) is 14.6. The van der Waals surface area contributed by atoms with Crippen LogP contribution < -0.4 is 10.1 Å².